The molecule has 1 aromatic carbocycles. The van der Waals surface area contributed by atoms with Crippen LogP contribution in [0.3, 0.4) is 0 Å². The molecule has 0 aliphatic carbocycles. The summed E-state index contributed by atoms with van der Waals surface area (Å²) < 4.78 is 5.64. The number of amides is 2. The van der Waals surface area contributed by atoms with Crippen LogP contribution < -0.4 is 10.6 Å². The summed E-state index contributed by atoms with van der Waals surface area (Å²) in [4.78, 5) is 27.3. The van der Waals surface area contributed by atoms with Gasteiger partial charge >= 0.3 is 12.0 Å². The first kappa shape index (κ1) is 36.9. The molecule has 0 spiro atoms. The van der Waals surface area contributed by atoms with Crippen LogP contribution >= 0.6 is 0 Å². The third-order valence-corrected chi connectivity index (χ3v) is 8.98. The number of nitrogens with zero attached hydrogens (tertiary/aromatic N) is 1. The molecular formula is C32H55N3O8. The summed E-state index contributed by atoms with van der Waals surface area (Å²) in [6.07, 6.45) is -4.09. The number of nitrogens with one attached hydrogen (secondary N) is 2. The monoisotopic (exact) mass is 609 g/mol. The highest BCUT2D eigenvalue weighted by Gasteiger charge is 2.47. The lowest BCUT2D eigenvalue weighted by Crippen LogP contribution is -2.59. The third-order valence-electron chi connectivity index (χ3n) is 8.98. The van der Waals surface area contributed by atoms with E-state index in [1.807, 2.05) is 42.2 Å². The van der Waals surface area contributed by atoms with Crippen molar-refractivity contribution >= 4 is 12.0 Å². The summed E-state index contributed by atoms with van der Waals surface area (Å²) in [5, 5.41) is 61.8. The van der Waals surface area contributed by atoms with E-state index in [0.29, 0.717) is 32.6 Å². The predicted molar refractivity (Wildman–Crippen MR) is 164 cm³/mol. The van der Waals surface area contributed by atoms with Gasteiger partial charge in [0.1, 0.15) is 17.8 Å². The van der Waals surface area contributed by atoms with Gasteiger partial charge in [-0.1, -0.05) is 51.1 Å². The number of carbonyl (C=O) groups is 2. The first-order valence-corrected chi connectivity index (χ1v) is 15.5. The number of urea groups is 1. The minimum atomic E-state index is -1.82. The van der Waals surface area contributed by atoms with Crippen LogP contribution in [-0.4, -0.2) is 104 Å². The average molecular weight is 610 g/mol. The lowest BCUT2D eigenvalue weighted by Gasteiger charge is -2.43. The number of hydrogen-bond donors (Lipinski definition) is 7. The normalized spacial score (nSPS) is 37.1. The Morgan fingerprint density at radius 3 is 2.26 bits per heavy atom. The SMILES string of the molecule is CC[C@H]1OC(=O)[C@H](C)[C@@H](O)[C@H](C)[C@@H](O)[C@](C)(O)C[C@@H](C)CN(CCCNC(=O)NCc2ccccc2)[C@H](C)[C@@H](O)[C@]1(C)O. The minimum absolute atomic E-state index is 0.168. The van der Waals surface area contributed by atoms with Gasteiger partial charge in [0.05, 0.1) is 23.7 Å². The van der Waals surface area contributed by atoms with Gasteiger partial charge < -0.3 is 40.9 Å². The van der Waals surface area contributed by atoms with Crippen LogP contribution in [0.1, 0.15) is 73.3 Å². The van der Waals surface area contributed by atoms with Crippen LogP contribution in [0.25, 0.3) is 0 Å². The van der Waals surface area contributed by atoms with Crippen molar-refractivity contribution in [2.45, 2.75) is 116 Å². The van der Waals surface area contributed by atoms with Gasteiger partial charge in [-0.25, -0.2) is 4.79 Å². The Labute approximate surface area is 256 Å². The second kappa shape index (κ2) is 16.2. The maximum Gasteiger partial charge on any atom is 0.315 e. The Balaban J connectivity index is 2.22. The van der Waals surface area contributed by atoms with E-state index < -0.39 is 59.5 Å². The second-order valence-corrected chi connectivity index (χ2v) is 12.9. The predicted octanol–water partition coefficient (Wildman–Crippen LogP) is 1.78. The zero-order chi connectivity index (χ0) is 32.5. The zero-order valence-corrected chi connectivity index (χ0v) is 26.9. The Kier molecular flexibility index (Phi) is 13.9. The summed E-state index contributed by atoms with van der Waals surface area (Å²) in [5.74, 6) is -2.83. The fraction of sp³-hybridized carbons (Fsp3) is 0.750. The molecule has 1 aliphatic heterocycles. The molecular weight excluding hydrogens is 554 g/mol. The first-order valence-electron chi connectivity index (χ1n) is 15.5. The van der Waals surface area contributed by atoms with Crippen LogP contribution in [-0.2, 0) is 16.1 Å². The molecule has 0 unspecified atom stereocenters. The molecule has 1 heterocycles. The van der Waals surface area contributed by atoms with E-state index in [1.165, 1.54) is 20.8 Å². The molecule has 2 rings (SSSR count). The highest BCUT2D eigenvalue weighted by atomic mass is 16.6. The number of carbonyl (C=O) groups excluding carboxylic acids is 2. The van der Waals surface area contributed by atoms with E-state index in [2.05, 4.69) is 10.6 Å². The van der Waals surface area contributed by atoms with Gasteiger partial charge in [-0.05, 0) is 58.4 Å². The highest BCUT2D eigenvalue weighted by Crippen LogP contribution is 2.32. The molecule has 1 aromatic rings. The molecule has 11 nitrogen and oxygen atoms in total. The molecule has 7 N–H and O–H groups in total. The fourth-order valence-corrected chi connectivity index (χ4v) is 6.17. The van der Waals surface area contributed by atoms with E-state index in [-0.39, 0.29) is 24.8 Å². The van der Waals surface area contributed by atoms with Crippen molar-refractivity contribution in [3.8, 4) is 0 Å². The second-order valence-electron chi connectivity index (χ2n) is 12.9. The molecule has 1 aliphatic rings. The maximum atomic E-state index is 13.0. The number of rotatable bonds is 7. The van der Waals surface area contributed by atoms with Gasteiger partial charge in [-0.15, -0.1) is 0 Å². The first-order chi connectivity index (χ1) is 20.0. The van der Waals surface area contributed by atoms with E-state index in [1.54, 1.807) is 20.8 Å². The zero-order valence-electron chi connectivity index (χ0n) is 26.9. The molecule has 10 atom stereocenters. The molecule has 43 heavy (non-hydrogen) atoms. The number of hydrogen-bond acceptors (Lipinski definition) is 9. The number of ether oxygens (including phenoxy) is 1. The summed E-state index contributed by atoms with van der Waals surface area (Å²) in [5.41, 5.74) is -2.41. The molecule has 0 aromatic heterocycles. The summed E-state index contributed by atoms with van der Waals surface area (Å²) in [7, 11) is 0. The van der Waals surface area contributed by atoms with Crippen LogP contribution in [0, 0.1) is 17.8 Å². The molecule has 2 amide bonds. The largest absolute Gasteiger partial charge is 0.459 e. The van der Waals surface area contributed by atoms with Gasteiger partial charge in [0.2, 0.25) is 0 Å². The smallest absolute Gasteiger partial charge is 0.315 e. The minimum Gasteiger partial charge on any atom is -0.459 e. The van der Waals surface area contributed by atoms with Crippen LogP contribution in [0.5, 0.6) is 0 Å². The van der Waals surface area contributed by atoms with Gasteiger partial charge in [0.25, 0.3) is 0 Å². The highest BCUT2D eigenvalue weighted by molar-refractivity contribution is 5.73. The van der Waals surface area contributed by atoms with Crippen molar-refractivity contribution in [1.82, 2.24) is 15.5 Å². The van der Waals surface area contributed by atoms with E-state index >= 15 is 0 Å². The van der Waals surface area contributed by atoms with E-state index in [0.717, 1.165) is 5.56 Å². The van der Waals surface area contributed by atoms with Crippen molar-refractivity contribution in [1.29, 1.82) is 0 Å². The number of benzene rings is 1. The van der Waals surface area contributed by atoms with Crippen molar-refractivity contribution in [3.05, 3.63) is 35.9 Å². The summed E-state index contributed by atoms with van der Waals surface area (Å²) in [6, 6.07) is 8.68. The maximum absolute atomic E-state index is 13.0. The van der Waals surface area contributed by atoms with Gasteiger partial charge in [-0.2, -0.15) is 0 Å². The number of aliphatic hydroxyl groups is 5. The quantitative estimate of drug-likeness (QED) is 0.180. The fourth-order valence-electron chi connectivity index (χ4n) is 6.17. The molecule has 11 heteroatoms. The van der Waals surface area contributed by atoms with Crippen LogP contribution in [0.2, 0.25) is 0 Å². The Morgan fingerprint density at radius 1 is 1.02 bits per heavy atom. The lowest BCUT2D eigenvalue weighted by molar-refractivity contribution is -0.193. The van der Waals surface area contributed by atoms with Crippen molar-refractivity contribution < 1.29 is 39.9 Å². The topological polar surface area (TPSA) is 172 Å². The van der Waals surface area contributed by atoms with E-state index in [9.17, 15) is 35.1 Å². The summed E-state index contributed by atoms with van der Waals surface area (Å²) in [6.45, 7) is 13.0. The van der Waals surface area contributed by atoms with Crippen LogP contribution in [0.15, 0.2) is 30.3 Å². The lowest BCUT2D eigenvalue weighted by atomic mass is 9.78. The van der Waals surface area contributed by atoms with Gasteiger partial charge in [0, 0.05) is 38.1 Å². The number of cyclic esters (lactones) is 1. The standard InChI is InChI=1S/C32H55N3O8/c1-8-25-32(7,42)28(38)23(5)35(16-12-15-33-30(40)34-18-24-13-10-9-11-14-24)19-20(2)17-31(6,41)27(37)21(3)26(36)22(4)29(39)43-25/h9-11,13-14,20-23,25-28,36-38,41-42H,8,12,15-19H2,1-7H3,(H2,33,34,40)/t20-,21+,22-,23-,25-,26+,27-,28-,31-,32-/m1/s1. The summed E-state index contributed by atoms with van der Waals surface area (Å²) >= 11 is 0. The van der Waals surface area contributed by atoms with Crippen LogP contribution in [0.4, 0.5) is 4.79 Å². The molecule has 1 saturated heterocycles. The average Bonchev–Trinajstić information content (AvgIpc) is 2.97. The van der Waals surface area contributed by atoms with Crippen molar-refractivity contribution in [3.63, 3.8) is 0 Å². The van der Waals surface area contributed by atoms with Crippen molar-refractivity contribution in [2.75, 3.05) is 19.6 Å². The van der Waals surface area contributed by atoms with Crippen molar-refractivity contribution in [2.24, 2.45) is 17.8 Å². The van der Waals surface area contributed by atoms with Gasteiger partial charge in [-0.3, -0.25) is 9.69 Å². The Bertz CT molecular complexity index is 1010. The molecule has 1 fully saturated rings. The number of aliphatic hydroxyl groups excluding tert-OH is 3. The molecule has 0 radical (unpaired) electrons. The van der Waals surface area contributed by atoms with E-state index in [4.69, 9.17) is 4.74 Å². The molecule has 0 saturated carbocycles. The van der Waals surface area contributed by atoms with Gasteiger partial charge in [0.15, 0.2) is 0 Å². The Morgan fingerprint density at radius 2 is 1.65 bits per heavy atom. The molecule has 246 valence electrons. The Hall–Kier alpha value is -2.28. The third kappa shape index (κ3) is 10.1. The number of esters is 1. The molecule has 0 bridgehead atoms.